The van der Waals surface area contributed by atoms with E-state index in [9.17, 15) is 13.2 Å². The number of benzene rings is 1. The molecule has 0 radical (unpaired) electrons. The highest BCUT2D eigenvalue weighted by Crippen LogP contribution is 2.44. The van der Waals surface area contributed by atoms with E-state index in [1.807, 2.05) is 20.8 Å². The van der Waals surface area contributed by atoms with E-state index >= 15 is 4.39 Å². The van der Waals surface area contributed by atoms with Crippen LogP contribution in [0.2, 0.25) is 0 Å². The number of ether oxygens (including phenoxy) is 3. The molecule has 4 nitrogen and oxygen atoms in total. The smallest absolute Gasteiger partial charge is 0.389 e. The fourth-order valence-corrected chi connectivity index (χ4v) is 4.41. The molecule has 2 heterocycles. The number of methoxy groups -OCH3 is 1. The molecular weight excluding hydrogens is 402 g/mol. The van der Waals surface area contributed by atoms with Gasteiger partial charge in [0.25, 0.3) is 0 Å². The van der Waals surface area contributed by atoms with Crippen molar-refractivity contribution in [3.63, 3.8) is 0 Å². The zero-order chi connectivity index (χ0) is 22.1. The molecule has 30 heavy (non-hydrogen) atoms. The number of halogens is 4. The monoisotopic (exact) mass is 433 g/mol. The first kappa shape index (κ1) is 23.1. The van der Waals surface area contributed by atoms with E-state index in [-0.39, 0.29) is 42.3 Å². The second-order valence-corrected chi connectivity index (χ2v) is 9.05. The van der Waals surface area contributed by atoms with Crippen molar-refractivity contribution < 1.29 is 31.8 Å². The number of hydrogen-bond acceptors (Lipinski definition) is 4. The molecule has 8 heteroatoms. The minimum absolute atomic E-state index is 0.0799. The molecule has 0 aromatic heterocycles. The lowest BCUT2D eigenvalue weighted by Gasteiger charge is -2.45. The molecule has 1 saturated heterocycles. The van der Waals surface area contributed by atoms with Crippen LogP contribution in [-0.2, 0) is 11.2 Å². The van der Waals surface area contributed by atoms with Gasteiger partial charge in [0, 0.05) is 25.6 Å². The maximum absolute atomic E-state index is 15.3. The van der Waals surface area contributed by atoms with Gasteiger partial charge >= 0.3 is 6.18 Å². The minimum Gasteiger partial charge on any atom is -0.493 e. The lowest BCUT2D eigenvalue weighted by atomic mass is 9.85. The van der Waals surface area contributed by atoms with E-state index in [1.54, 1.807) is 6.07 Å². The van der Waals surface area contributed by atoms with Crippen LogP contribution in [0, 0.1) is 5.82 Å². The summed E-state index contributed by atoms with van der Waals surface area (Å²) >= 11 is 0. The Hall–Kier alpha value is -1.54. The number of alkyl halides is 3. The number of piperidine rings is 1. The van der Waals surface area contributed by atoms with Crippen molar-refractivity contribution in [2.24, 2.45) is 0 Å². The number of nitrogens with zero attached hydrogens (tertiary/aromatic N) is 1. The molecule has 2 atom stereocenters. The van der Waals surface area contributed by atoms with Gasteiger partial charge in [-0.05, 0) is 63.6 Å². The normalized spacial score (nSPS) is 22.4. The Morgan fingerprint density at radius 1 is 1.17 bits per heavy atom. The van der Waals surface area contributed by atoms with Crippen LogP contribution in [0.1, 0.15) is 63.6 Å². The van der Waals surface area contributed by atoms with Crippen LogP contribution in [0.15, 0.2) is 6.07 Å². The Balaban J connectivity index is 1.75. The molecule has 2 unspecified atom stereocenters. The van der Waals surface area contributed by atoms with Crippen molar-refractivity contribution in [2.75, 3.05) is 26.8 Å². The number of rotatable bonds is 6. The molecule has 0 saturated carbocycles. The van der Waals surface area contributed by atoms with Gasteiger partial charge < -0.3 is 14.2 Å². The summed E-state index contributed by atoms with van der Waals surface area (Å²) in [5.41, 5.74) is 1.25. The van der Waals surface area contributed by atoms with Crippen LogP contribution in [0.3, 0.4) is 0 Å². The molecule has 1 aromatic carbocycles. The molecule has 3 rings (SSSR count). The molecule has 2 aliphatic heterocycles. The maximum Gasteiger partial charge on any atom is 0.389 e. The van der Waals surface area contributed by atoms with Gasteiger partial charge in [0.1, 0.15) is 0 Å². The van der Waals surface area contributed by atoms with Crippen LogP contribution in [0.5, 0.6) is 11.5 Å². The van der Waals surface area contributed by atoms with E-state index in [2.05, 4.69) is 4.90 Å². The predicted octanol–water partition coefficient (Wildman–Crippen LogP) is 5.43. The third-order valence-corrected chi connectivity index (χ3v) is 5.56. The Morgan fingerprint density at radius 2 is 1.90 bits per heavy atom. The van der Waals surface area contributed by atoms with Gasteiger partial charge in [-0.3, -0.25) is 4.90 Å². The largest absolute Gasteiger partial charge is 0.493 e. The highest BCUT2D eigenvalue weighted by molar-refractivity contribution is 5.51. The topological polar surface area (TPSA) is 30.9 Å². The second kappa shape index (κ2) is 8.91. The first-order valence-corrected chi connectivity index (χ1v) is 10.5. The van der Waals surface area contributed by atoms with Crippen LogP contribution < -0.4 is 9.47 Å². The van der Waals surface area contributed by atoms with Gasteiger partial charge in [0.05, 0.1) is 25.4 Å². The Kier molecular flexibility index (Phi) is 6.87. The van der Waals surface area contributed by atoms with E-state index in [0.29, 0.717) is 18.5 Å². The number of fused-ring (bicyclic) bond motifs is 3. The fraction of sp³-hybridized carbons (Fsp3) is 0.727. The Morgan fingerprint density at radius 3 is 2.53 bits per heavy atom. The van der Waals surface area contributed by atoms with Crippen molar-refractivity contribution in [3.8, 4) is 11.5 Å². The molecular formula is C22H31F4NO3. The quantitative estimate of drug-likeness (QED) is 0.442. The van der Waals surface area contributed by atoms with E-state index in [4.69, 9.17) is 14.2 Å². The summed E-state index contributed by atoms with van der Waals surface area (Å²) in [6, 6.07) is 1.87. The zero-order valence-electron chi connectivity index (χ0n) is 18.1. The maximum atomic E-state index is 15.3. The molecule has 0 bridgehead atoms. The van der Waals surface area contributed by atoms with Crippen molar-refractivity contribution >= 4 is 0 Å². The van der Waals surface area contributed by atoms with Gasteiger partial charge in [-0.15, -0.1) is 0 Å². The van der Waals surface area contributed by atoms with Gasteiger partial charge in [-0.1, -0.05) is 0 Å². The third-order valence-electron chi connectivity index (χ3n) is 5.56. The van der Waals surface area contributed by atoms with Crippen LogP contribution >= 0.6 is 0 Å². The molecule has 0 spiro atoms. The van der Waals surface area contributed by atoms with Crippen LogP contribution in [-0.4, -0.2) is 49.6 Å². The predicted molar refractivity (Wildman–Crippen MR) is 106 cm³/mol. The van der Waals surface area contributed by atoms with E-state index in [1.165, 1.54) is 7.11 Å². The first-order valence-electron chi connectivity index (χ1n) is 10.5. The molecule has 2 aliphatic rings. The SMILES string of the molecule is COc1cc2c(c(F)c1OCCCC(F)(F)F)CCN1CC(OC(C)(C)C)CCC21. The van der Waals surface area contributed by atoms with Gasteiger partial charge in [-0.25, -0.2) is 4.39 Å². The molecule has 1 fully saturated rings. The lowest BCUT2D eigenvalue weighted by molar-refractivity contribution is -0.136. The molecule has 170 valence electrons. The summed E-state index contributed by atoms with van der Waals surface area (Å²) in [6.07, 6.45) is -3.04. The second-order valence-electron chi connectivity index (χ2n) is 9.05. The lowest BCUT2D eigenvalue weighted by Crippen LogP contribution is -2.47. The van der Waals surface area contributed by atoms with E-state index in [0.717, 1.165) is 24.9 Å². The summed E-state index contributed by atoms with van der Waals surface area (Å²) in [5.74, 6) is -0.367. The standard InChI is InChI=1S/C22H31F4NO3/c1-21(2,3)30-14-6-7-17-16-12-18(28-4)20(29-11-5-9-22(24,25)26)19(23)15(16)8-10-27(17)13-14/h12,14,17H,5-11,13H2,1-4H3. The molecule has 0 aliphatic carbocycles. The van der Waals surface area contributed by atoms with Crippen molar-refractivity contribution in [1.29, 1.82) is 0 Å². The van der Waals surface area contributed by atoms with Crippen molar-refractivity contribution in [3.05, 3.63) is 23.0 Å². The summed E-state index contributed by atoms with van der Waals surface area (Å²) in [4.78, 5) is 2.32. The molecule has 0 N–H and O–H groups in total. The first-order chi connectivity index (χ1) is 14.0. The summed E-state index contributed by atoms with van der Waals surface area (Å²) in [6.45, 7) is 7.41. The van der Waals surface area contributed by atoms with Gasteiger partial charge in [0.2, 0.25) is 0 Å². The Labute approximate surface area is 175 Å². The summed E-state index contributed by atoms with van der Waals surface area (Å²) < 4.78 is 69.1. The summed E-state index contributed by atoms with van der Waals surface area (Å²) in [7, 11) is 1.42. The summed E-state index contributed by atoms with van der Waals surface area (Å²) in [5, 5.41) is 0. The zero-order valence-corrected chi connectivity index (χ0v) is 18.1. The Bertz CT molecular complexity index is 745. The molecule has 1 aromatic rings. The third kappa shape index (κ3) is 5.58. The van der Waals surface area contributed by atoms with E-state index < -0.39 is 18.4 Å². The van der Waals surface area contributed by atoms with Gasteiger partial charge in [-0.2, -0.15) is 13.2 Å². The fourth-order valence-electron chi connectivity index (χ4n) is 4.41. The highest BCUT2D eigenvalue weighted by atomic mass is 19.4. The number of hydrogen-bond donors (Lipinski definition) is 0. The highest BCUT2D eigenvalue weighted by Gasteiger charge is 2.37. The van der Waals surface area contributed by atoms with Crippen molar-refractivity contribution in [2.45, 2.75) is 76.8 Å². The van der Waals surface area contributed by atoms with Crippen LogP contribution in [0.4, 0.5) is 17.6 Å². The van der Waals surface area contributed by atoms with Crippen molar-refractivity contribution in [1.82, 2.24) is 4.90 Å². The van der Waals surface area contributed by atoms with Gasteiger partial charge in [0.15, 0.2) is 17.3 Å². The minimum atomic E-state index is -4.25. The van der Waals surface area contributed by atoms with Crippen LogP contribution in [0.25, 0.3) is 0 Å². The average Bonchev–Trinajstić information content (AvgIpc) is 2.63. The average molecular weight is 433 g/mol. The molecule has 0 amide bonds.